The molecular weight excluding hydrogens is 278 g/mol. The number of H-pyrrole nitrogens is 1. The smallest absolute Gasteiger partial charge is 0.275 e. The number of quaternary nitrogens is 1. The minimum absolute atomic E-state index is 0.223. The molecule has 0 spiro atoms. The standard InChI is InChI=1S/C16H15N5O/c1-18-8-7-13(17)12-9-21(11-5-3-2-4-6-11)15-14(12)19-10-20-16(15)22/h2-10,17-18H,1H3,(H,19,20,22)/p+1/b8-7-,17-13?. The van der Waals surface area contributed by atoms with E-state index in [2.05, 4.69) is 9.97 Å². The number of para-hydroxylation sites is 1. The van der Waals surface area contributed by atoms with Crippen molar-refractivity contribution >= 4 is 16.7 Å². The third-order valence-electron chi connectivity index (χ3n) is 3.36. The molecule has 6 nitrogen and oxygen atoms in total. The van der Waals surface area contributed by atoms with E-state index >= 15 is 0 Å². The lowest BCUT2D eigenvalue weighted by Gasteiger charge is -2.03. The molecule has 0 atom stereocenters. The van der Waals surface area contributed by atoms with Gasteiger partial charge in [-0.3, -0.25) is 10.2 Å². The van der Waals surface area contributed by atoms with Gasteiger partial charge in [-0.1, -0.05) is 18.2 Å². The second-order valence-corrected chi connectivity index (χ2v) is 4.78. The predicted octanol–water partition coefficient (Wildman–Crippen LogP) is 0.789. The fraction of sp³-hybridized carbons (Fsp3) is 0.0625. The molecule has 0 saturated heterocycles. The Bertz CT molecular complexity index is 905. The van der Waals surface area contributed by atoms with E-state index in [-0.39, 0.29) is 5.56 Å². The maximum absolute atomic E-state index is 12.2. The Labute approximate surface area is 126 Å². The van der Waals surface area contributed by atoms with Gasteiger partial charge in [0.2, 0.25) is 0 Å². The molecule has 6 heteroatoms. The molecule has 0 fully saturated rings. The van der Waals surface area contributed by atoms with E-state index in [1.165, 1.54) is 6.33 Å². The monoisotopic (exact) mass is 294 g/mol. The van der Waals surface area contributed by atoms with Crippen LogP contribution < -0.4 is 10.9 Å². The van der Waals surface area contributed by atoms with Crippen molar-refractivity contribution in [1.82, 2.24) is 14.5 Å². The fourth-order valence-corrected chi connectivity index (χ4v) is 2.34. The highest BCUT2D eigenvalue weighted by Crippen LogP contribution is 2.21. The molecular formula is C16H16N5O+. The van der Waals surface area contributed by atoms with Crippen molar-refractivity contribution in [1.29, 1.82) is 5.41 Å². The van der Waals surface area contributed by atoms with Crippen LogP contribution in [0, 0.1) is 5.41 Å². The summed E-state index contributed by atoms with van der Waals surface area (Å²) in [4.78, 5) is 19.1. The van der Waals surface area contributed by atoms with Gasteiger partial charge >= 0.3 is 0 Å². The molecule has 22 heavy (non-hydrogen) atoms. The number of hydrogen-bond acceptors (Lipinski definition) is 3. The fourth-order valence-electron chi connectivity index (χ4n) is 2.34. The predicted molar refractivity (Wildman–Crippen MR) is 85.5 cm³/mol. The number of nitrogens with zero attached hydrogens (tertiary/aromatic N) is 2. The zero-order valence-corrected chi connectivity index (χ0v) is 12.1. The molecule has 0 saturated carbocycles. The van der Waals surface area contributed by atoms with Crippen molar-refractivity contribution in [2.24, 2.45) is 0 Å². The molecule has 110 valence electrons. The Kier molecular flexibility index (Phi) is 3.67. The van der Waals surface area contributed by atoms with Crippen molar-refractivity contribution in [3.05, 3.63) is 71.0 Å². The average Bonchev–Trinajstić information content (AvgIpc) is 2.94. The first-order valence-electron chi connectivity index (χ1n) is 6.91. The molecule has 0 unspecified atom stereocenters. The van der Waals surface area contributed by atoms with Gasteiger partial charge in [0, 0.05) is 23.5 Å². The highest BCUT2D eigenvalue weighted by atomic mass is 16.1. The van der Waals surface area contributed by atoms with Crippen molar-refractivity contribution < 1.29 is 5.32 Å². The Balaban J connectivity index is 2.28. The molecule has 0 aliphatic heterocycles. The molecule has 0 radical (unpaired) electrons. The molecule has 0 aliphatic carbocycles. The van der Waals surface area contributed by atoms with E-state index in [0.717, 1.165) is 5.69 Å². The van der Waals surface area contributed by atoms with Gasteiger partial charge in [-0.15, -0.1) is 0 Å². The number of hydrogen-bond donors (Lipinski definition) is 3. The zero-order chi connectivity index (χ0) is 15.5. The van der Waals surface area contributed by atoms with Crippen LogP contribution in [0.3, 0.4) is 0 Å². The molecule has 0 bridgehead atoms. The average molecular weight is 294 g/mol. The van der Waals surface area contributed by atoms with Gasteiger partial charge in [0.15, 0.2) is 0 Å². The van der Waals surface area contributed by atoms with Gasteiger partial charge < -0.3 is 14.9 Å². The molecule has 4 N–H and O–H groups in total. The minimum atomic E-state index is -0.223. The van der Waals surface area contributed by atoms with Crippen LogP contribution in [0.25, 0.3) is 16.7 Å². The molecule has 1 aromatic carbocycles. The lowest BCUT2D eigenvalue weighted by atomic mass is 10.2. The number of benzene rings is 1. The van der Waals surface area contributed by atoms with Crippen LogP contribution in [-0.2, 0) is 0 Å². The van der Waals surface area contributed by atoms with Gasteiger partial charge in [0.1, 0.15) is 11.0 Å². The van der Waals surface area contributed by atoms with Crippen molar-refractivity contribution in [2.45, 2.75) is 0 Å². The minimum Gasteiger partial charge on any atom is -0.322 e. The summed E-state index contributed by atoms with van der Waals surface area (Å²) in [7, 11) is 1.89. The van der Waals surface area contributed by atoms with Crippen LogP contribution in [0.2, 0.25) is 0 Å². The number of rotatable bonds is 4. The van der Waals surface area contributed by atoms with Crippen LogP contribution in [0.4, 0.5) is 0 Å². The number of nitrogens with one attached hydrogen (secondary N) is 2. The second kappa shape index (κ2) is 5.79. The highest BCUT2D eigenvalue weighted by Gasteiger charge is 2.16. The summed E-state index contributed by atoms with van der Waals surface area (Å²) in [6.45, 7) is 0. The number of nitrogens with two attached hydrogens (primary N) is 1. The third-order valence-corrected chi connectivity index (χ3v) is 3.36. The summed E-state index contributed by atoms with van der Waals surface area (Å²) in [5, 5.41) is 10.0. The Hall–Kier alpha value is -2.99. The Morgan fingerprint density at radius 2 is 2.14 bits per heavy atom. The van der Waals surface area contributed by atoms with E-state index in [1.807, 2.05) is 42.7 Å². The van der Waals surface area contributed by atoms with E-state index in [9.17, 15) is 4.79 Å². The van der Waals surface area contributed by atoms with Crippen LogP contribution in [0.5, 0.6) is 0 Å². The first-order valence-corrected chi connectivity index (χ1v) is 6.91. The molecule has 2 heterocycles. The second-order valence-electron chi connectivity index (χ2n) is 4.78. The van der Waals surface area contributed by atoms with Crippen LogP contribution in [0.1, 0.15) is 5.56 Å². The van der Waals surface area contributed by atoms with Gasteiger partial charge in [-0.25, -0.2) is 4.98 Å². The normalized spacial score (nSPS) is 11.3. The van der Waals surface area contributed by atoms with Crippen LogP contribution in [-0.4, -0.2) is 27.3 Å². The van der Waals surface area contributed by atoms with E-state index in [1.54, 1.807) is 23.0 Å². The summed E-state index contributed by atoms with van der Waals surface area (Å²) in [5.41, 5.74) is 2.55. The lowest BCUT2D eigenvalue weighted by molar-refractivity contribution is -0.556. The summed E-state index contributed by atoms with van der Waals surface area (Å²) in [6, 6.07) is 9.55. The van der Waals surface area contributed by atoms with E-state index < -0.39 is 0 Å². The lowest BCUT2D eigenvalue weighted by Crippen LogP contribution is -2.72. The van der Waals surface area contributed by atoms with Crippen LogP contribution in [0.15, 0.2) is 59.9 Å². The third kappa shape index (κ3) is 2.36. The van der Waals surface area contributed by atoms with E-state index in [0.29, 0.717) is 22.3 Å². The first kappa shape index (κ1) is 14.0. The van der Waals surface area contributed by atoms with Crippen molar-refractivity contribution in [3.63, 3.8) is 0 Å². The van der Waals surface area contributed by atoms with Gasteiger partial charge in [-0.2, -0.15) is 0 Å². The molecule has 3 rings (SSSR count). The molecule has 3 aromatic rings. The topological polar surface area (TPSA) is 91.1 Å². The van der Waals surface area contributed by atoms with Gasteiger partial charge in [0.05, 0.1) is 25.3 Å². The number of fused-ring (bicyclic) bond motifs is 1. The summed E-state index contributed by atoms with van der Waals surface area (Å²) < 4.78 is 1.77. The quantitative estimate of drug-likeness (QED) is 0.621. The molecule has 2 aromatic heterocycles. The highest BCUT2D eigenvalue weighted by molar-refractivity contribution is 6.13. The Morgan fingerprint density at radius 1 is 1.36 bits per heavy atom. The van der Waals surface area contributed by atoms with Crippen molar-refractivity contribution in [3.8, 4) is 5.69 Å². The molecule has 0 amide bonds. The summed E-state index contributed by atoms with van der Waals surface area (Å²) >= 11 is 0. The van der Waals surface area contributed by atoms with E-state index in [4.69, 9.17) is 5.41 Å². The number of aromatic nitrogens is 3. The Morgan fingerprint density at radius 3 is 2.86 bits per heavy atom. The van der Waals surface area contributed by atoms with Gasteiger partial charge in [-0.05, 0) is 12.1 Å². The maximum atomic E-state index is 12.2. The number of allylic oxidation sites excluding steroid dienone is 1. The molecule has 0 aliphatic rings. The first-order chi connectivity index (χ1) is 10.7. The number of aromatic amines is 1. The zero-order valence-electron chi connectivity index (χ0n) is 12.1. The van der Waals surface area contributed by atoms with Crippen molar-refractivity contribution in [2.75, 3.05) is 7.05 Å². The summed E-state index contributed by atoms with van der Waals surface area (Å²) in [6.07, 6.45) is 6.63. The SMILES string of the molecule is C[NH2+]/C=C\C(=N)c1cn(-c2ccccc2)c2c(=O)[nH]cnc12. The maximum Gasteiger partial charge on any atom is 0.275 e. The van der Waals surface area contributed by atoms with Gasteiger partial charge in [0.25, 0.3) is 5.56 Å². The largest absolute Gasteiger partial charge is 0.322 e. The van der Waals surface area contributed by atoms with Crippen LogP contribution >= 0.6 is 0 Å². The summed E-state index contributed by atoms with van der Waals surface area (Å²) in [5.74, 6) is 0.